The number of amides is 1. The van der Waals surface area contributed by atoms with Gasteiger partial charge in [-0.15, -0.1) is 0 Å². The van der Waals surface area contributed by atoms with Gasteiger partial charge in [0.15, 0.2) is 20.8 Å². The predicted molar refractivity (Wildman–Crippen MR) is 104 cm³/mol. The van der Waals surface area contributed by atoms with Gasteiger partial charge in [0.1, 0.15) is 11.5 Å². The van der Waals surface area contributed by atoms with Crippen molar-refractivity contribution < 1.29 is 22.7 Å². The molecule has 2 aromatic carbocycles. The Bertz CT molecular complexity index is 1050. The Morgan fingerprint density at radius 3 is 2.50 bits per heavy atom. The van der Waals surface area contributed by atoms with Gasteiger partial charge < -0.3 is 14.4 Å². The zero-order chi connectivity index (χ0) is 20.3. The normalized spacial score (nSPS) is 26.4. The summed E-state index contributed by atoms with van der Waals surface area (Å²) in [4.78, 5) is 14.8. The van der Waals surface area contributed by atoms with Crippen molar-refractivity contribution in [1.29, 1.82) is 0 Å². The van der Waals surface area contributed by atoms with Crippen LogP contribution >= 0.6 is 0 Å². The SMILES string of the molecule is COc1ccc2c(c1)[C@H]1C[C@@](C)(O2)N(C)C(=O)[C@@H]1S(=O)(=O)c1ccc(C)cc1. The number of likely N-dealkylation sites (tertiary alicyclic amines) is 1. The van der Waals surface area contributed by atoms with E-state index >= 15 is 0 Å². The highest BCUT2D eigenvalue weighted by atomic mass is 32.2. The van der Waals surface area contributed by atoms with Crippen LogP contribution in [0.15, 0.2) is 47.4 Å². The van der Waals surface area contributed by atoms with Crippen molar-refractivity contribution in [2.24, 2.45) is 0 Å². The van der Waals surface area contributed by atoms with Crippen LogP contribution in [-0.2, 0) is 14.6 Å². The van der Waals surface area contributed by atoms with Crippen LogP contribution in [0.25, 0.3) is 0 Å². The number of carbonyl (C=O) groups is 1. The molecule has 0 aromatic heterocycles. The lowest BCUT2D eigenvalue weighted by Gasteiger charge is -2.51. The van der Waals surface area contributed by atoms with Gasteiger partial charge in [-0.25, -0.2) is 8.42 Å². The average molecular weight is 401 g/mol. The maximum absolute atomic E-state index is 13.5. The number of nitrogens with zero attached hydrogens (tertiary/aromatic N) is 1. The molecular formula is C21H23NO5S. The summed E-state index contributed by atoms with van der Waals surface area (Å²) in [7, 11) is -0.735. The van der Waals surface area contributed by atoms with Gasteiger partial charge in [-0.2, -0.15) is 0 Å². The summed E-state index contributed by atoms with van der Waals surface area (Å²) in [6.45, 7) is 3.71. The summed E-state index contributed by atoms with van der Waals surface area (Å²) in [5, 5.41) is -1.21. The van der Waals surface area contributed by atoms with Crippen molar-refractivity contribution in [1.82, 2.24) is 4.90 Å². The predicted octanol–water partition coefficient (Wildman–Crippen LogP) is 2.90. The molecule has 4 rings (SSSR count). The summed E-state index contributed by atoms with van der Waals surface area (Å²) in [6.07, 6.45) is 0.394. The largest absolute Gasteiger partial charge is 0.497 e. The Morgan fingerprint density at radius 1 is 1.18 bits per heavy atom. The number of hydrogen-bond acceptors (Lipinski definition) is 5. The lowest BCUT2D eigenvalue weighted by Crippen LogP contribution is -2.64. The van der Waals surface area contributed by atoms with Crippen molar-refractivity contribution in [3.8, 4) is 11.5 Å². The molecule has 0 spiro atoms. The summed E-state index contributed by atoms with van der Waals surface area (Å²) in [6, 6.07) is 11.9. The minimum atomic E-state index is -3.89. The van der Waals surface area contributed by atoms with Crippen molar-refractivity contribution >= 4 is 15.7 Å². The van der Waals surface area contributed by atoms with Gasteiger partial charge in [0.05, 0.1) is 12.0 Å². The number of hydrogen-bond donors (Lipinski definition) is 0. The number of sulfone groups is 1. The Morgan fingerprint density at radius 2 is 1.86 bits per heavy atom. The summed E-state index contributed by atoms with van der Waals surface area (Å²) < 4.78 is 38.4. The van der Waals surface area contributed by atoms with Crippen molar-refractivity contribution in [3.05, 3.63) is 53.6 Å². The lowest BCUT2D eigenvalue weighted by molar-refractivity contribution is -0.159. The molecule has 2 aliphatic heterocycles. The molecule has 0 radical (unpaired) electrons. The average Bonchev–Trinajstić information content (AvgIpc) is 2.66. The monoisotopic (exact) mass is 401 g/mol. The molecule has 0 aliphatic carbocycles. The van der Waals surface area contributed by atoms with E-state index in [0.717, 1.165) is 5.56 Å². The number of aryl methyl sites for hydroxylation is 1. The quantitative estimate of drug-likeness (QED) is 0.791. The van der Waals surface area contributed by atoms with Crippen LogP contribution in [-0.4, -0.2) is 44.4 Å². The topological polar surface area (TPSA) is 72.9 Å². The highest BCUT2D eigenvalue weighted by molar-refractivity contribution is 7.92. The van der Waals surface area contributed by atoms with Crippen molar-refractivity contribution in [2.45, 2.75) is 42.1 Å². The van der Waals surface area contributed by atoms with E-state index in [4.69, 9.17) is 9.47 Å². The molecule has 2 heterocycles. The third-order valence-corrected chi connectivity index (χ3v) is 8.01. The lowest BCUT2D eigenvalue weighted by atomic mass is 9.80. The van der Waals surface area contributed by atoms with Crippen LogP contribution < -0.4 is 9.47 Å². The molecular weight excluding hydrogens is 378 g/mol. The molecule has 1 fully saturated rings. The molecule has 0 saturated carbocycles. The summed E-state index contributed by atoms with van der Waals surface area (Å²) >= 11 is 0. The molecule has 6 nitrogen and oxygen atoms in total. The Balaban J connectivity index is 1.89. The van der Waals surface area contributed by atoms with Crippen LogP contribution in [0.1, 0.15) is 30.4 Å². The third kappa shape index (κ3) is 2.68. The Hall–Kier alpha value is -2.54. The number of piperidine rings is 1. The molecule has 7 heteroatoms. The highest BCUT2D eigenvalue weighted by Crippen LogP contribution is 2.50. The van der Waals surface area contributed by atoms with Crippen molar-refractivity contribution in [2.75, 3.05) is 14.2 Å². The first-order valence-corrected chi connectivity index (χ1v) is 10.7. The van der Waals surface area contributed by atoms with E-state index in [0.29, 0.717) is 23.5 Å². The second-order valence-corrected chi connectivity index (χ2v) is 9.74. The first kappa shape index (κ1) is 18.8. The van der Waals surface area contributed by atoms with Crippen LogP contribution in [0.2, 0.25) is 0 Å². The number of ether oxygens (including phenoxy) is 2. The van der Waals surface area contributed by atoms with E-state index in [1.807, 2.05) is 13.8 Å². The van der Waals surface area contributed by atoms with Crippen LogP contribution in [0.4, 0.5) is 0 Å². The van der Waals surface area contributed by atoms with Crippen LogP contribution in [0.5, 0.6) is 11.5 Å². The number of methoxy groups -OCH3 is 1. The van der Waals surface area contributed by atoms with Gasteiger partial charge in [-0.05, 0) is 44.2 Å². The first-order chi connectivity index (χ1) is 13.2. The van der Waals surface area contributed by atoms with E-state index in [1.165, 1.54) is 4.90 Å². The van der Waals surface area contributed by atoms with Gasteiger partial charge in [-0.3, -0.25) is 4.79 Å². The Kier molecular flexibility index (Phi) is 4.19. The third-order valence-electron chi connectivity index (χ3n) is 5.88. The smallest absolute Gasteiger partial charge is 0.244 e. The van der Waals surface area contributed by atoms with E-state index in [1.54, 1.807) is 56.6 Å². The standard InChI is InChI=1S/C21H23NO5S/c1-13-5-8-15(9-6-13)28(24,25)19-17-12-21(2,22(3)20(19)23)27-18-10-7-14(26-4)11-16(17)18/h5-11,17,19H,12H2,1-4H3/t17-,19-,21-/m1/s1. The number of benzene rings is 2. The molecule has 0 unspecified atom stereocenters. The van der Waals surface area contributed by atoms with E-state index < -0.39 is 32.6 Å². The molecule has 2 aliphatic rings. The molecule has 1 amide bonds. The van der Waals surface area contributed by atoms with Gasteiger partial charge in [-0.1, -0.05) is 17.7 Å². The second-order valence-electron chi connectivity index (χ2n) is 7.67. The van der Waals surface area contributed by atoms with Gasteiger partial charge >= 0.3 is 0 Å². The Labute approximate surface area is 165 Å². The molecule has 3 atom stereocenters. The minimum Gasteiger partial charge on any atom is -0.497 e. The number of fused-ring (bicyclic) bond motifs is 4. The second kappa shape index (κ2) is 6.24. The van der Waals surface area contributed by atoms with E-state index in [9.17, 15) is 13.2 Å². The minimum absolute atomic E-state index is 0.157. The highest BCUT2D eigenvalue weighted by Gasteiger charge is 2.57. The van der Waals surface area contributed by atoms with E-state index in [2.05, 4.69) is 0 Å². The number of carbonyl (C=O) groups excluding carboxylic acids is 1. The first-order valence-electron chi connectivity index (χ1n) is 9.12. The fourth-order valence-corrected chi connectivity index (χ4v) is 6.04. The molecule has 2 bridgehead atoms. The van der Waals surface area contributed by atoms with Crippen LogP contribution in [0, 0.1) is 6.92 Å². The molecule has 1 saturated heterocycles. The molecule has 148 valence electrons. The summed E-state index contributed by atoms with van der Waals surface area (Å²) in [5.41, 5.74) is 0.765. The fourth-order valence-electron chi connectivity index (χ4n) is 4.13. The van der Waals surface area contributed by atoms with E-state index in [-0.39, 0.29) is 4.90 Å². The molecule has 2 aromatic rings. The summed E-state index contributed by atoms with van der Waals surface area (Å²) in [5.74, 6) is 0.221. The van der Waals surface area contributed by atoms with Gasteiger partial charge in [0.25, 0.3) is 0 Å². The zero-order valence-electron chi connectivity index (χ0n) is 16.3. The fraction of sp³-hybridized carbons (Fsp3) is 0.381. The zero-order valence-corrected chi connectivity index (χ0v) is 17.1. The maximum Gasteiger partial charge on any atom is 0.244 e. The maximum atomic E-state index is 13.5. The van der Waals surface area contributed by atoms with Gasteiger partial charge in [0, 0.05) is 24.9 Å². The molecule has 0 N–H and O–H groups in total. The van der Waals surface area contributed by atoms with Crippen molar-refractivity contribution in [3.63, 3.8) is 0 Å². The molecule has 28 heavy (non-hydrogen) atoms. The van der Waals surface area contributed by atoms with Crippen LogP contribution in [0.3, 0.4) is 0 Å². The number of rotatable bonds is 3. The van der Waals surface area contributed by atoms with Gasteiger partial charge in [0.2, 0.25) is 5.91 Å².